The number of hydrogen-bond acceptors (Lipinski definition) is 3. The molecular formula is C17H13NO3S. The first kappa shape index (κ1) is 14.3. The summed E-state index contributed by atoms with van der Waals surface area (Å²) in [6.07, 6.45) is 0. The van der Waals surface area contributed by atoms with Gasteiger partial charge in [0.1, 0.15) is 4.90 Å². The van der Waals surface area contributed by atoms with Crippen molar-refractivity contribution >= 4 is 9.84 Å². The Balaban J connectivity index is 2.09. The number of aromatic nitrogens is 1. The van der Waals surface area contributed by atoms with E-state index in [0.29, 0.717) is 5.69 Å². The average molecular weight is 311 g/mol. The number of sulfone groups is 1. The van der Waals surface area contributed by atoms with E-state index in [4.69, 9.17) is 0 Å². The lowest BCUT2D eigenvalue weighted by molar-refractivity contribution is 0.595. The van der Waals surface area contributed by atoms with Crippen molar-refractivity contribution in [1.82, 2.24) is 4.98 Å². The fraction of sp³-hybridized carbons (Fsp3) is 0. The molecule has 0 fully saturated rings. The predicted octanol–water partition coefficient (Wildman–Crippen LogP) is 2.87. The van der Waals surface area contributed by atoms with Crippen molar-refractivity contribution in [3.8, 4) is 11.3 Å². The smallest absolute Gasteiger partial charge is 0.267 e. The molecule has 0 aliphatic rings. The number of aromatic amines is 1. The highest BCUT2D eigenvalue weighted by Gasteiger charge is 2.21. The first-order chi connectivity index (χ1) is 10.6. The molecule has 22 heavy (non-hydrogen) atoms. The lowest BCUT2D eigenvalue weighted by Crippen LogP contribution is -2.18. The summed E-state index contributed by atoms with van der Waals surface area (Å²) in [6.45, 7) is 0. The number of hydrogen-bond donors (Lipinski definition) is 1. The van der Waals surface area contributed by atoms with Crippen LogP contribution in [0.1, 0.15) is 0 Å². The summed E-state index contributed by atoms with van der Waals surface area (Å²) < 4.78 is 25.0. The summed E-state index contributed by atoms with van der Waals surface area (Å²) in [4.78, 5) is 14.7. The van der Waals surface area contributed by atoms with Crippen molar-refractivity contribution in [3.05, 3.63) is 83.2 Å². The molecule has 0 spiro atoms. The van der Waals surface area contributed by atoms with Gasteiger partial charge in [-0.05, 0) is 29.8 Å². The quantitative estimate of drug-likeness (QED) is 0.809. The molecular weight excluding hydrogens is 298 g/mol. The van der Waals surface area contributed by atoms with E-state index in [1.54, 1.807) is 24.3 Å². The van der Waals surface area contributed by atoms with Gasteiger partial charge in [-0.2, -0.15) is 0 Å². The highest BCUT2D eigenvalue weighted by Crippen LogP contribution is 2.20. The highest BCUT2D eigenvalue weighted by atomic mass is 32.2. The molecule has 2 aromatic carbocycles. The van der Waals surface area contributed by atoms with E-state index in [1.165, 1.54) is 18.2 Å². The van der Waals surface area contributed by atoms with E-state index >= 15 is 0 Å². The zero-order valence-electron chi connectivity index (χ0n) is 11.6. The van der Waals surface area contributed by atoms with Gasteiger partial charge in [-0.3, -0.25) is 4.79 Å². The highest BCUT2D eigenvalue weighted by molar-refractivity contribution is 7.91. The lowest BCUT2D eigenvalue weighted by Gasteiger charge is -2.06. The second kappa shape index (κ2) is 5.61. The Kier molecular flexibility index (Phi) is 3.65. The molecule has 0 saturated carbocycles. The van der Waals surface area contributed by atoms with E-state index < -0.39 is 15.4 Å². The Morgan fingerprint density at radius 1 is 0.727 bits per heavy atom. The molecule has 3 aromatic rings. The van der Waals surface area contributed by atoms with Crippen LogP contribution in [0.25, 0.3) is 11.3 Å². The molecule has 1 N–H and O–H groups in total. The summed E-state index contributed by atoms with van der Waals surface area (Å²) in [5.41, 5.74) is 0.783. The van der Waals surface area contributed by atoms with Gasteiger partial charge >= 0.3 is 0 Å². The van der Waals surface area contributed by atoms with Crippen LogP contribution in [0.2, 0.25) is 0 Å². The van der Waals surface area contributed by atoms with Gasteiger partial charge in [0.15, 0.2) is 0 Å². The zero-order chi connectivity index (χ0) is 15.6. The average Bonchev–Trinajstić information content (AvgIpc) is 2.56. The standard InChI is InChI=1S/C17H13NO3S/c19-17-16(22(20,21)14-9-5-2-6-10-14)12-11-15(18-17)13-7-3-1-4-8-13/h1-12H,(H,18,19). The molecule has 0 amide bonds. The van der Waals surface area contributed by atoms with Crippen LogP contribution in [0, 0.1) is 0 Å². The second-order valence-electron chi connectivity index (χ2n) is 4.75. The van der Waals surface area contributed by atoms with E-state index in [-0.39, 0.29) is 9.79 Å². The van der Waals surface area contributed by atoms with Crippen molar-refractivity contribution in [1.29, 1.82) is 0 Å². The van der Waals surface area contributed by atoms with E-state index in [9.17, 15) is 13.2 Å². The Hall–Kier alpha value is -2.66. The molecule has 0 atom stereocenters. The molecule has 3 rings (SSSR count). The fourth-order valence-electron chi connectivity index (χ4n) is 2.18. The molecule has 0 unspecified atom stereocenters. The third-order valence-corrected chi connectivity index (χ3v) is 5.09. The normalized spacial score (nSPS) is 11.3. The van der Waals surface area contributed by atoms with Gasteiger partial charge < -0.3 is 4.98 Å². The van der Waals surface area contributed by atoms with Crippen molar-refractivity contribution in [2.24, 2.45) is 0 Å². The molecule has 4 nitrogen and oxygen atoms in total. The molecule has 1 aromatic heterocycles. The van der Waals surface area contributed by atoms with Crippen LogP contribution >= 0.6 is 0 Å². The second-order valence-corrected chi connectivity index (χ2v) is 6.67. The Bertz CT molecular complexity index is 946. The van der Waals surface area contributed by atoms with Crippen molar-refractivity contribution in [3.63, 3.8) is 0 Å². The molecule has 0 bridgehead atoms. The van der Waals surface area contributed by atoms with Crippen LogP contribution in [0.15, 0.2) is 87.4 Å². The Labute approximate surface area is 128 Å². The maximum absolute atomic E-state index is 12.5. The van der Waals surface area contributed by atoms with Gasteiger partial charge in [0.05, 0.1) is 4.90 Å². The SMILES string of the molecule is O=c1[nH]c(-c2ccccc2)ccc1S(=O)(=O)c1ccccc1. The Morgan fingerprint density at radius 3 is 1.91 bits per heavy atom. The topological polar surface area (TPSA) is 67.0 Å². The van der Waals surface area contributed by atoms with Crippen LogP contribution in [0.3, 0.4) is 0 Å². The first-order valence-corrected chi connectivity index (χ1v) is 8.16. The fourth-order valence-corrected chi connectivity index (χ4v) is 3.50. The van der Waals surface area contributed by atoms with E-state index in [1.807, 2.05) is 30.3 Å². The van der Waals surface area contributed by atoms with E-state index in [2.05, 4.69) is 4.98 Å². The largest absolute Gasteiger partial charge is 0.321 e. The van der Waals surface area contributed by atoms with Gasteiger partial charge in [0, 0.05) is 5.69 Å². The van der Waals surface area contributed by atoms with Gasteiger partial charge in [0.2, 0.25) is 9.84 Å². The van der Waals surface area contributed by atoms with Gasteiger partial charge in [-0.15, -0.1) is 0 Å². The number of nitrogens with one attached hydrogen (secondary N) is 1. The third kappa shape index (κ3) is 2.58. The number of H-pyrrole nitrogens is 1. The van der Waals surface area contributed by atoms with Crippen molar-refractivity contribution in [2.45, 2.75) is 9.79 Å². The van der Waals surface area contributed by atoms with Crippen LogP contribution in [0.5, 0.6) is 0 Å². The monoisotopic (exact) mass is 311 g/mol. The third-order valence-electron chi connectivity index (χ3n) is 3.30. The minimum atomic E-state index is -3.81. The molecule has 1 heterocycles. The van der Waals surface area contributed by atoms with Crippen molar-refractivity contribution < 1.29 is 8.42 Å². The molecule has 110 valence electrons. The number of rotatable bonds is 3. The number of benzene rings is 2. The van der Waals surface area contributed by atoms with Crippen LogP contribution in [-0.4, -0.2) is 13.4 Å². The predicted molar refractivity (Wildman–Crippen MR) is 84.4 cm³/mol. The maximum Gasteiger partial charge on any atom is 0.267 e. The molecule has 0 saturated heterocycles. The van der Waals surface area contributed by atoms with Crippen LogP contribution in [0.4, 0.5) is 0 Å². The minimum Gasteiger partial charge on any atom is -0.321 e. The van der Waals surface area contributed by atoms with Crippen LogP contribution in [-0.2, 0) is 9.84 Å². The summed E-state index contributed by atoms with van der Waals surface area (Å²) in [7, 11) is -3.81. The molecule has 0 aliphatic carbocycles. The van der Waals surface area contributed by atoms with Gasteiger partial charge in [0.25, 0.3) is 5.56 Å². The summed E-state index contributed by atoms with van der Waals surface area (Å²) >= 11 is 0. The van der Waals surface area contributed by atoms with Crippen molar-refractivity contribution in [2.75, 3.05) is 0 Å². The molecule has 0 aliphatic heterocycles. The molecule has 0 radical (unpaired) electrons. The summed E-state index contributed by atoms with van der Waals surface area (Å²) in [5, 5.41) is 0. The van der Waals surface area contributed by atoms with E-state index in [0.717, 1.165) is 5.56 Å². The minimum absolute atomic E-state index is 0.105. The zero-order valence-corrected chi connectivity index (χ0v) is 12.4. The first-order valence-electron chi connectivity index (χ1n) is 6.68. The Morgan fingerprint density at radius 2 is 1.32 bits per heavy atom. The van der Waals surface area contributed by atoms with Gasteiger partial charge in [-0.1, -0.05) is 48.5 Å². The lowest BCUT2D eigenvalue weighted by atomic mass is 10.1. The van der Waals surface area contributed by atoms with Gasteiger partial charge in [-0.25, -0.2) is 8.42 Å². The summed E-state index contributed by atoms with van der Waals surface area (Å²) in [6, 6.07) is 20.1. The number of pyridine rings is 1. The molecule has 5 heteroatoms. The maximum atomic E-state index is 12.5. The summed E-state index contributed by atoms with van der Waals surface area (Å²) in [5.74, 6) is 0. The van der Waals surface area contributed by atoms with Crippen LogP contribution < -0.4 is 5.56 Å².